The van der Waals surface area contributed by atoms with Crippen molar-refractivity contribution in [3.05, 3.63) is 22.6 Å². The van der Waals surface area contributed by atoms with Crippen LogP contribution in [-0.2, 0) is 4.79 Å². The monoisotopic (exact) mass is 319 g/mol. The third-order valence-corrected chi connectivity index (χ3v) is 4.96. The molecule has 124 valence electrons. The Labute approximate surface area is 133 Å². The van der Waals surface area contributed by atoms with Gasteiger partial charge in [-0.2, -0.15) is 4.98 Å². The number of rotatable bonds is 4. The Kier molecular flexibility index (Phi) is 4.11. The summed E-state index contributed by atoms with van der Waals surface area (Å²) < 4.78 is 6.82. The number of pyridine rings is 1. The molecule has 0 aromatic carbocycles. The molecule has 0 spiro atoms. The number of hydrogen-bond acceptors (Lipinski definition) is 4. The predicted molar refractivity (Wildman–Crippen MR) is 84.7 cm³/mol. The minimum absolute atomic E-state index is 0.0365. The number of nitrogens with one attached hydrogen (secondary N) is 1. The van der Waals surface area contributed by atoms with Crippen LogP contribution in [0.25, 0.3) is 11.2 Å². The standard InChI is InChI=1S/C16H21N3O4/c1-9(10-3-5-11(6-4-10)15(20)21)19-14-12(17-16(19)22)7-8-13(18-14)23-2/h7-11H,3-6H2,1-2H3,(H,17,22)(H,20,21)/t9-,10?,11?/m0/s1. The Bertz CT molecular complexity index is 771. The number of methoxy groups -OCH3 is 1. The summed E-state index contributed by atoms with van der Waals surface area (Å²) in [5, 5.41) is 9.11. The molecule has 1 atom stereocenters. The predicted octanol–water partition coefficient (Wildman–Crippen LogP) is 2.19. The van der Waals surface area contributed by atoms with Crippen molar-refractivity contribution >= 4 is 17.1 Å². The average molecular weight is 319 g/mol. The summed E-state index contributed by atoms with van der Waals surface area (Å²) in [6.45, 7) is 2.00. The number of carboxylic acid groups (broad SMARTS) is 1. The van der Waals surface area contributed by atoms with Crippen LogP contribution in [0.2, 0.25) is 0 Å². The Morgan fingerprint density at radius 3 is 2.70 bits per heavy atom. The number of fused-ring (bicyclic) bond motifs is 1. The fourth-order valence-corrected chi connectivity index (χ4v) is 3.53. The molecule has 0 bridgehead atoms. The zero-order valence-electron chi connectivity index (χ0n) is 13.3. The van der Waals surface area contributed by atoms with Gasteiger partial charge in [-0.25, -0.2) is 4.79 Å². The van der Waals surface area contributed by atoms with Gasteiger partial charge in [-0.1, -0.05) is 0 Å². The van der Waals surface area contributed by atoms with Crippen molar-refractivity contribution in [2.24, 2.45) is 11.8 Å². The van der Waals surface area contributed by atoms with Crippen LogP contribution >= 0.6 is 0 Å². The van der Waals surface area contributed by atoms with Crippen molar-refractivity contribution in [1.29, 1.82) is 0 Å². The van der Waals surface area contributed by atoms with Crippen LogP contribution in [0, 0.1) is 11.8 Å². The van der Waals surface area contributed by atoms with Crippen LogP contribution in [0.5, 0.6) is 5.88 Å². The molecule has 0 aliphatic heterocycles. The van der Waals surface area contributed by atoms with E-state index < -0.39 is 5.97 Å². The molecule has 1 saturated carbocycles. The van der Waals surface area contributed by atoms with E-state index in [1.165, 1.54) is 0 Å². The second-order valence-corrected chi connectivity index (χ2v) is 6.22. The van der Waals surface area contributed by atoms with Gasteiger partial charge >= 0.3 is 11.7 Å². The molecule has 0 radical (unpaired) electrons. The molecule has 1 fully saturated rings. The fraction of sp³-hybridized carbons (Fsp3) is 0.562. The first-order valence-corrected chi connectivity index (χ1v) is 7.89. The summed E-state index contributed by atoms with van der Waals surface area (Å²) in [7, 11) is 1.54. The highest BCUT2D eigenvalue weighted by molar-refractivity contribution is 5.71. The van der Waals surface area contributed by atoms with Gasteiger partial charge in [0.05, 0.1) is 18.5 Å². The van der Waals surface area contributed by atoms with E-state index in [0.29, 0.717) is 29.9 Å². The van der Waals surface area contributed by atoms with Crippen molar-refractivity contribution in [3.63, 3.8) is 0 Å². The number of aliphatic carboxylic acids is 1. The Balaban J connectivity index is 1.89. The maximum absolute atomic E-state index is 12.3. The minimum atomic E-state index is -0.716. The van der Waals surface area contributed by atoms with E-state index in [-0.39, 0.29) is 23.6 Å². The first-order chi connectivity index (χ1) is 11.0. The quantitative estimate of drug-likeness (QED) is 0.900. The molecule has 7 nitrogen and oxygen atoms in total. The molecule has 2 aromatic rings. The molecule has 0 amide bonds. The molecule has 2 heterocycles. The van der Waals surface area contributed by atoms with E-state index in [1.54, 1.807) is 23.8 Å². The number of ether oxygens (including phenoxy) is 1. The van der Waals surface area contributed by atoms with Crippen molar-refractivity contribution in [2.75, 3.05) is 7.11 Å². The molecule has 1 aliphatic carbocycles. The zero-order chi connectivity index (χ0) is 16.6. The van der Waals surface area contributed by atoms with Crippen LogP contribution in [0.3, 0.4) is 0 Å². The average Bonchev–Trinajstić information content (AvgIpc) is 2.89. The van der Waals surface area contributed by atoms with Crippen molar-refractivity contribution in [1.82, 2.24) is 14.5 Å². The SMILES string of the molecule is COc1ccc2[nH]c(=O)n([C@@H](C)C3CCC(C(=O)O)CC3)c2n1. The van der Waals surface area contributed by atoms with Gasteiger partial charge in [-0.15, -0.1) is 0 Å². The number of imidazole rings is 1. The number of aromatic amines is 1. The molecule has 2 N–H and O–H groups in total. The normalized spacial score (nSPS) is 22.9. The third kappa shape index (κ3) is 2.83. The van der Waals surface area contributed by atoms with E-state index in [1.807, 2.05) is 6.92 Å². The van der Waals surface area contributed by atoms with Crippen molar-refractivity contribution in [2.45, 2.75) is 38.6 Å². The lowest BCUT2D eigenvalue weighted by Crippen LogP contribution is -2.30. The van der Waals surface area contributed by atoms with Gasteiger partial charge in [0.25, 0.3) is 0 Å². The van der Waals surface area contributed by atoms with Crippen LogP contribution in [-0.4, -0.2) is 32.7 Å². The fourth-order valence-electron chi connectivity index (χ4n) is 3.53. The van der Waals surface area contributed by atoms with Crippen LogP contribution < -0.4 is 10.4 Å². The number of carboxylic acids is 1. The molecular weight excluding hydrogens is 298 g/mol. The van der Waals surface area contributed by atoms with Crippen molar-refractivity contribution in [3.8, 4) is 5.88 Å². The van der Waals surface area contributed by atoms with Gasteiger partial charge in [0.2, 0.25) is 5.88 Å². The number of aromatic nitrogens is 3. The van der Waals surface area contributed by atoms with E-state index in [9.17, 15) is 9.59 Å². The van der Waals surface area contributed by atoms with E-state index in [0.717, 1.165) is 12.8 Å². The van der Waals surface area contributed by atoms with Gasteiger partial charge in [0.1, 0.15) is 0 Å². The summed E-state index contributed by atoms with van der Waals surface area (Å²) >= 11 is 0. The number of carbonyl (C=O) groups is 1. The minimum Gasteiger partial charge on any atom is -0.481 e. The van der Waals surface area contributed by atoms with E-state index >= 15 is 0 Å². The number of hydrogen-bond donors (Lipinski definition) is 2. The van der Waals surface area contributed by atoms with E-state index in [2.05, 4.69) is 9.97 Å². The topological polar surface area (TPSA) is 97.2 Å². The molecule has 0 unspecified atom stereocenters. The summed E-state index contributed by atoms with van der Waals surface area (Å²) in [6.07, 6.45) is 2.94. The second kappa shape index (κ2) is 6.06. The van der Waals surface area contributed by atoms with Gasteiger partial charge in [-0.3, -0.25) is 9.36 Å². The van der Waals surface area contributed by atoms with Crippen LogP contribution in [0.4, 0.5) is 0 Å². The lowest BCUT2D eigenvalue weighted by atomic mass is 9.79. The number of H-pyrrole nitrogens is 1. The molecule has 0 saturated heterocycles. The van der Waals surface area contributed by atoms with E-state index in [4.69, 9.17) is 9.84 Å². The van der Waals surface area contributed by atoms with Gasteiger partial charge in [0.15, 0.2) is 5.65 Å². The lowest BCUT2D eigenvalue weighted by molar-refractivity contribution is -0.143. The Morgan fingerprint density at radius 2 is 2.09 bits per heavy atom. The molecule has 3 rings (SSSR count). The molecule has 7 heteroatoms. The lowest BCUT2D eigenvalue weighted by Gasteiger charge is -2.30. The summed E-state index contributed by atoms with van der Waals surface area (Å²) in [4.78, 5) is 30.6. The summed E-state index contributed by atoms with van der Waals surface area (Å²) in [5.41, 5.74) is 1.08. The van der Waals surface area contributed by atoms with Crippen molar-refractivity contribution < 1.29 is 14.6 Å². The van der Waals surface area contributed by atoms with Gasteiger partial charge in [0, 0.05) is 12.1 Å². The molecule has 2 aromatic heterocycles. The second-order valence-electron chi connectivity index (χ2n) is 6.22. The van der Waals surface area contributed by atoms with Gasteiger partial charge in [-0.05, 0) is 44.6 Å². The maximum Gasteiger partial charge on any atom is 0.327 e. The first-order valence-electron chi connectivity index (χ1n) is 7.89. The third-order valence-electron chi connectivity index (χ3n) is 4.96. The van der Waals surface area contributed by atoms with Gasteiger partial charge < -0.3 is 14.8 Å². The van der Waals surface area contributed by atoms with Crippen LogP contribution in [0.1, 0.15) is 38.6 Å². The highest BCUT2D eigenvalue weighted by atomic mass is 16.5. The number of nitrogens with zero attached hydrogens (tertiary/aromatic N) is 2. The highest BCUT2D eigenvalue weighted by Gasteiger charge is 2.31. The van der Waals surface area contributed by atoms with Crippen LogP contribution in [0.15, 0.2) is 16.9 Å². The molecule has 1 aliphatic rings. The zero-order valence-corrected chi connectivity index (χ0v) is 13.3. The summed E-state index contributed by atoms with van der Waals surface area (Å²) in [6, 6.07) is 3.46. The first kappa shape index (κ1) is 15.6. The maximum atomic E-state index is 12.3. The summed E-state index contributed by atoms with van der Waals surface area (Å²) in [5.74, 6) is -0.231. The smallest absolute Gasteiger partial charge is 0.327 e. The highest BCUT2D eigenvalue weighted by Crippen LogP contribution is 2.36. The Morgan fingerprint density at radius 1 is 1.39 bits per heavy atom. The largest absolute Gasteiger partial charge is 0.481 e. The Hall–Kier alpha value is -2.31. The molecule has 23 heavy (non-hydrogen) atoms. The molecular formula is C16H21N3O4.